The first-order chi connectivity index (χ1) is 19.9. The van der Waals surface area contributed by atoms with Gasteiger partial charge in [-0.1, -0.05) is 35.3 Å². The lowest BCUT2D eigenvalue weighted by Crippen LogP contribution is -2.30. The van der Waals surface area contributed by atoms with Crippen LogP contribution in [0, 0.1) is 0 Å². The van der Waals surface area contributed by atoms with Crippen LogP contribution in [-0.2, 0) is 9.53 Å². The number of amides is 1. The lowest BCUT2D eigenvalue weighted by molar-refractivity contribution is -0.167. The number of rotatable bonds is 6. The van der Waals surface area contributed by atoms with E-state index in [2.05, 4.69) is 20.0 Å². The molecule has 0 fully saturated rings. The monoisotopic (exact) mass is 620 g/mol. The molecule has 0 aliphatic heterocycles. The summed E-state index contributed by atoms with van der Waals surface area (Å²) in [6, 6.07) is 15.4. The molecule has 0 bridgehead atoms. The van der Waals surface area contributed by atoms with Crippen molar-refractivity contribution in [1.29, 1.82) is 0 Å². The molecule has 4 aromatic rings. The largest absolute Gasteiger partial charge is 0.478 e. The van der Waals surface area contributed by atoms with Crippen LogP contribution in [0.2, 0.25) is 10.0 Å². The van der Waals surface area contributed by atoms with Gasteiger partial charge in [-0.05, 0) is 48.5 Å². The van der Waals surface area contributed by atoms with Gasteiger partial charge in [-0.15, -0.1) is 0 Å². The van der Waals surface area contributed by atoms with Gasteiger partial charge in [-0.3, -0.25) is 14.8 Å². The number of nitrogens with one attached hydrogen (secondary N) is 2. The molecule has 0 saturated carbocycles. The number of aromatic carboxylic acids is 1. The maximum atomic E-state index is 12.5. The highest BCUT2D eigenvalue weighted by molar-refractivity contribution is 6.33. The molecule has 0 unspecified atom stereocenters. The Balaban J connectivity index is 0.000000240. The lowest BCUT2D eigenvalue weighted by atomic mass is 10.1. The van der Waals surface area contributed by atoms with Gasteiger partial charge in [0.1, 0.15) is 0 Å². The van der Waals surface area contributed by atoms with Crippen LogP contribution in [0.15, 0.2) is 73.1 Å². The highest BCUT2D eigenvalue weighted by Gasteiger charge is 2.39. The van der Waals surface area contributed by atoms with E-state index in [0.717, 1.165) is 12.7 Å². The number of esters is 1. The minimum Gasteiger partial charge on any atom is -0.478 e. The van der Waals surface area contributed by atoms with E-state index in [1.807, 2.05) is 0 Å². The summed E-state index contributed by atoms with van der Waals surface area (Å²) in [5.74, 6) is -4.08. The van der Waals surface area contributed by atoms with Gasteiger partial charge < -0.3 is 20.5 Å². The maximum absolute atomic E-state index is 12.5. The van der Waals surface area contributed by atoms with E-state index in [1.54, 1.807) is 55.0 Å². The van der Waals surface area contributed by atoms with Gasteiger partial charge in [-0.2, -0.15) is 13.2 Å². The third-order valence-corrected chi connectivity index (χ3v) is 6.12. The molecule has 14 heteroatoms. The second kappa shape index (κ2) is 13.8. The molecule has 4 rings (SSSR count). The van der Waals surface area contributed by atoms with Crippen molar-refractivity contribution in [1.82, 2.24) is 9.97 Å². The number of hydrogen-bond acceptors (Lipinski definition) is 7. The molecule has 2 heterocycles. The number of carboxylic acid groups (broad SMARTS) is 1. The molecule has 0 spiro atoms. The van der Waals surface area contributed by atoms with E-state index < -0.39 is 24.0 Å². The predicted octanol–water partition coefficient (Wildman–Crippen LogP) is 6.83. The van der Waals surface area contributed by atoms with Gasteiger partial charge in [0, 0.05) is 36.3 Å². The fourth-order valence-electron chi connectivity index (χ4n) is 3.56. The quantitative estimate of drug-likeness (QED) is 0.200. The van der Waals surface area contributed by atoms with Crippen LogP contribution in [0.5, 0.6) is 0 Å². The molecule has 0 aliphatic carbocycles. The Bertz CT molecular complexity index is 1630. The molecule has 0 saturated heterocycles. The lowest BCUT2D eigenvalue weighted by Gasteiger charge is -2.13. The van der Waals surface area contributed by atoms with Gasteiger partial charge in [0.15, 0.2) is 0 Å². The normalized spacial score (nSPS) is 10.6. The number of alkyl halides is 3. The van der Waals surface area contributed by atoms with Crippen LogP contribution in [0.1, 0.15) is 20.7 Å². The number of pyridine rings is 2. The summed E-state index contributed by atoms with van der Waals surface area (Å²) in [5.41, 5.74) is 2.18. The molecule has 3 N–H and O–H groups in total. The fraction of sp³-hybridized carbons (Fsp3) is 0.107. The number of ether oxygens (including phenoxy) is 1. The second-order valence-corrected chi connectivity index (χ2v) is 9.00. The first-order valence-corrected chi connectivity index (χ1v) is 12.5. The summed E-state index contributed by atoms with van der Waals surface area (Å²) in [6.07, 6.45) is -2.01. The van der Waals surface area contributed by atoms with Gasteiger partial charge in [0.25, 0.3) is 0 Å². The van der Waals surface area contributed by atoms with Crippen LogP contribution in [0.25, 0.3) is 22.5 Å². The standard InChI is InChI=1S/C15H10ClF3N2O3.C13H11ClN2O2/c1-24-13(22)9-5-4-8(12-10(16)3-2-6-20-12)7-11(9)21-14(23)15(17,18)19;1-15-11-7-8(4-5-9(11)13(17)18)12-10(14)3-2-6-16-12/h2-7H,1H3,(H,21,23);2-7,15H,1H3,(H,17,18). The Morgan fingerprint density at radius 1 is 0.833 bits per heavy atom. The molecule has 218 valence electrons. The van der Waals surface area contributed by atoms with Gasteiger partial charge in [-0.25, -0.2) is 9.59 Å². The minimum atomic E-state index is -5.11. The minimum absolute atomic E-state index is 0.216. The number of anilines is 2. The van der Waals surface area contributed by atoms with Crippen LogP contribution in [0.3, 0.4) is 0 Å². The number of halogens is 5. The van der Waals surface area contributed by atoms with E-state index in [4.69, 9.17) is 28.3 Å². The second-order valence-electron chi connectivity index (χ2n) is 8.19. The number of benzene rings is 2. The Labute approximate surface area is 247 Å². The van der Waals surface area contributed by atoms with Crippen molar-refractivity contribution < 1.29 is 37.4 Å². The van der Waals surface area contributed by atoms with Crippen molar-refractivity contribution >= 4 is 52.4 Å². The SMILES string of the molecule is CNc1cc(-c2ncccc2Cl)ccc1C(=O)O.COC(=O)c1ccc(-c2ncccc2Cl)cc1NC(=O)C(F)(F)F. The topological polar surface area (TPSA) is 131 Å². The van der Waals surface area contributed by atoms with Crippen LogP contribution in [-0.4, -0.2) is 53.3 Å². The molecule has 1 amide bonds. The third kappa shape index (κ3) is 7.74. The third-order valence-electron chi connectivity index (χ3n) is 5.51. The van der Waals surface area contributed by atoms with E-state index >= 15 is 0 Å². The molecule has 0 radical (unpaired) electrons. The molecule has 9 nitrogen and oxygen atoms in total. The first kappa shape index (κ1) is 31.8. The zero-order valence-electron chi connectivity index (χ0n) is 21.8. The molecule has 2 aromatic heterocycles. The summed E-state index contributed by atoms with van der Waals surface area (Å²) >= 11 is 12.1. The summed E-state index contributed by atoms with van der Waals surface area (Å²) in [6.45, 7) is 0. The molecule has 2 aromatic carbocycles. The Morgan fingerprint density at radius 2 is 1.33 bits per heavy atom. The molecule has 0 aliphatic rings. The van der Waals surface area contributed by atoms with Crippen molar-refractivity contribution in [2.75, 3.05) is 24.8 Å². The van der Waals surface area contributed by atoms with Crippen LogP contribution >= 0.6 is 23.2 Å². The number of carbonyl (C=O) groups is 3. The highest BCUT2D eigenvalue weighted by Crippen LogP contribution is 2.31. The summed E-state index contributed by atoms with van der Waals surface area (Å²) in [7, 11) is 2.74. The molecular weight excluding hydrogens is 600 g/mol. The Morgan fingerprint density at radius 3 is 1.76 bits per heavy atom. The number of nitrogens with zero attached hydrogens (tertiary/aromatic N) is 2. The average molecular weight is 621 g/mol. The summed E-state index contributed by atoms with van der Waals surface area (Å²) in [5, 5.41) is 14.3. The predicted molar refractivity (Wildman–Crippen MR) is 152 cm³/mol. The van der Waals surface area contributed by atoms with Gasteiger partial charge >= 0.3 is 24.0 Å². The molecule has 0 atom stereocenters. The van der Waals surface area contributed by atoms with E-state index in [9.17, 15) is 27.6 Å². The van der Waals surface area contributed by atoms with Gasteiger partial charge in [0.2, 0.25) is 0 Å². The van der Waals surface area contributed by atoms with Crippen molar-refractivity contribution in [3.05, 3.63) is 94.2 Å². The van der Waals surface area contributed by atoms with Gasteiger partial charge in [0.05, 0.1) is 45.4 Å². The first-order valence-electron chi connectivity index (χ1n) is 11.7. The van der Waals surface area contributed by atoms with Crippen molar-refractivity contribution in [3.63, 3.8) is 0 Å². The number of carbonyl (C=O) groups excluding carboxylic acids is 2. The number of methoxy groups -OCH3 is 1. The Kier molecular flexibility index (Phi) is 10.5. The van der Waals surface area contributed by atoms with Crippen molar-refractivity contribution in [3.8, 4) is 22.5 Å². The summed E-state index contributed by atoms with van der Waals surface area (Å²) < 4.78 is 41.9. The number of carboxylic acids is 1. The van der Waals surface area contributed by atoms with Crippen molar-refractivity contribution in [2.24, 2.45) is 0 Å². The van der Waals surface area contributed by atoms with E-state index in [0.29, 0.717) is 22.0 Å². The smallest absolute Gasteiger partial charge is 0.471 e. The van der Waals surface area contributed by atoms with E-state index in [-0.39, 0.29) is 27.5 Å². The maximum Gasteiger partial charge on any atom is 0.471 e. The fourth-order valence-corrected chi connectivity index (χ4v) is 4.02. The van der Waals surface area contributed by atoms with E-state index in [1.165, 1.54) is 30.5 Å². The zero-order valence-corrected chi connectivity index (χ0v) is 23.3. The number of hydrogen-bond donors (Lipinski definition) is 3. The highest BCUT2D eigenvalue weighted by atomic mass is 35.5. The number of aromatic nitrogens is 2. The van der Waals surface area contributed by atoms with Crippen LogP contribution in [0.4, 0.5) is 24.5 Å². The van der Waals surface area contributed by atoms with Crippen LogP contribution < -0.4 is 10.6 Å². The average Bonchev–Trinajstić information content (AvgIpc) is 2.96. The summed E-state index contributed by atoms with van der Waals surface area (Å²) in [4.78, 5) is 42.1. The Hall–Kier alpha value is -4.68. The van der Waals surface area contributed by atoms with Crippen molar-refractivity contribution in [2.45, 2.75) is 6.18 Å². The molecular formula is C28H21Cl2F3N4O5. The zero-order chi connectivity index (χ0) is 31.0. The molecule has 42 heavy (non-hydrogen) atoms.